The Labute approximate surface area is 280 Å². The summed E-state index contributed by atoms with van der Waals surface area (Å²) in [6.45, 7) is 4.46. The van der Waals surface area contributed by atoms with Gasteiger partial charge >= 0.3 is 0 Å². The van der Waals surface area contributed by atoms with Crippen LogP contribution in [0.4, 0.5) is 0 Å². The second-order valence-corrected chi connectivity index (χ2v) is 15.1. The van der Waals surface area contributed by atoms with E-state index in [0.717, 1.165) is 38.5 Å². The Morgan fingerprint density at radius 1 is 0.578 bits per heavy atom. The van der Waals surface area contributed by atoms with Gasteiger partial charge in [-0.3, -0.25) is 9.35 Å². The van der Waals surface area contributed by atoms with Crippen molar-refractivity contribution in [2.75, 3.05) is 5.75 Å². The highest BCUT2D eigenvalue weighted by molar-refractivity contribution is 7.85. The van der Waals surface area contributed by atoms with E-state index in [1.165, 1.54) is 141 Å². The highest BCUT2D eigenvalue weighted by Crippen LogP contribution is 2.15. The standard InChI is InChI=1S/C38H75NO5S/c1-3-5-7-9-11-12-13-14-15-16-17-18-19-20-21-22-23-24-25-26-28-30-32-34-38(41)39-36(35-45(42,43)44)37(40)33-31-29-27-10-8-6-4-2/h16-17,36-37,40H,3-15,18-35H2,1-2H3,(H,39,41)(H,42,43,44)/b17-16-. The van der Waals surface area contributed by atoms with E-state index in [1.807, 2.05) is 0 Å². The molecule has 0 aromatic heterocycles. The van der Waals surface area contributed by atoms with E-state index in [4.69, 9.17) is 0 Å². The van der Waals surface area contributed by atoms with Crippen molar-refractivity contribution in [3.63, 3.8) is 0 Å². The van der Waals surface area contributed by atoms with Crippen LogP contribution in [0.1, 0.15) is 206 Å². The first-order chi connectivity index (χ1) is 21.8. The molecule has 0 aliphatic carbocycles. The van der Waals surface area contributed by atoms with Crippen molar-refractivity contribution < 1.29 is 22.9 Å². The van der Waals surface area contributed by atoms with Crippen LogP contribution in [0.15, 0.2) is 12.2 Å². The summed E-state index contributed by atoms with van der Waals surface area (Å²) >= 11 is 0. The number of hydrogen-bond donors (Lipinski definition) is 3. The number of allylic oxidation sites excluding steroid dienone is 2. The van der Waals surface area contributed by atoms with Crippen LogP contribution in [0.2, 0.25) is 0 Å². The number of amides is 1. The minimum atomic E-state index is -4.29. The summed E-state index contributed by atoms with van der Waals surface area (Å²) in [5.41, 5.74) is 0. The van der Waals surface area contributed by atoms with Crippen LogP contribution in [0.25, 0.3) is 0 Å². The van der Waals surface area contributed by atoms with E-state index >= 15 is 0 Å². The maximum atomic E-state index is 12.4. The molecule has 3 N–H and O–H groups in total. The predicted octanol–water partition coefficient (Wildman–Crippen LogP) is 11.0. The molecule has 0 saturated carbocycles. The van der Waals surface area contributed by atoms with Gasteiger partial charge in [0.15, 0.2) is 0 Å². The molecule has 0 rings (SSSR count). The molecule has 0 aliphatic heterocycles. The second-order valence-electron chi connectivity index (χ2n) is 13.6. The number of rotatable bonds is 35. The molecule has 0 bridgehead atoms. The Morgan fingerprint density at radius 2 is 0.933 bits per heavy atom. The molecule has 2 atom stereocenters. The SMILES string of the molecule is CCCCCCCCCC/C=C\CCCCCCCCCCCCCC(=O)NC(CS(=O)(=O)O)C(O)CCCCCCCCC. The number of carbonyl (C=O) groups excluding carboxylic acids is 1. The smallest absolute Gasteiger partial charge is 0.266 e. The number of aliphatic hydroxyl groups excluding tert-OH is 1. The molecular formula is C38H75NO5S. The van der Waals surface area contributed by atoms with Crippen molar-refractivity contribution in [2.24, 2.45) is 0 Å². The Bertz CT molecular complexity index is 770. The van der Waals surface area contributed by atoms with Gasteiger partial charge in [0.1, 0.15) is 0 Å². The molecule has 0 radical (unpaired) electrons. The lowest BCUT2D eigenvalue weighted by Gasteiger charge is -2.23. The van der Waals surface area contributed by atoms with Crippen LogP contribution >= 0.6 is 0 Å². The van der Waals surface area contributed by atoms with Gasteiger partial charge in [0.05, 0.1) is 17.9 Å². The number of unbranched alkanes of at least 4 members (excludes halogenated alkanes) is 25. The minimum Gasteiger partial charge on any atom is -0.391 e. The molecule has 0 aliphatic rings. The second kappa shape index (κ2) is 33.0. The largest absolute Gasteiger partial charge is 0.391 e. The van der Waals surface area contributed by atoms with E-state index in [-0.39, 0.29) is 5.91 Å². The fourth-order valence-corrected chi connectivity index (χ4v) is 6.80. The van der Waals surface area contributed by atoms with E-state index in [0.29, 0.717) is 12.8 Å². The molecule has 0 heterocycles. The van der Waals surface area contributed by atoms with Crippen molar-refractivity contribution in [3.8, 4) is 0 Å². The number of carbonyl (C=O) groups is 1. The average molecular weight is 658 g/mol. The van der Waals surface area contributed by atoms with Crippen LogP contribution in [-0.2, 0) is 14.9 Å². The third-order valence-electron chi connectivity index (χ3n) is 8.97. The molecule has 1 amide bonds. The summed E-state index contributed by atoms with van der Waals surface area (Å²) in [7, 11) is -4.29. The van der Waals surface area contributed by atoms with Gasteiger partial charge in [-0.15, -0.1) is 0 Å². The lowest BCUT2D eigenvalue weighted by molar-refractivity contribution is -0.122. The molecule has 6 nitrogen and oxygen atoms in total. The molecule has 2 unspecified atom stereocenters. The number of hydrogen-bond acceptors (Lipinski definition) is 4. The molecule has 0 fully saturated rings. The Morgan fingerprint density at radius 3 is 1.33 bits per heavy atom. The van der Waals surface area contributed by atoms with Crippen molar-refractivity contribution >= 4 is 16.0 Å². The fourth-order valence-electron chi connectivity index (χ4n) is 6.04. The predicted molar refractivity (Wildman–Crippen MR) is 193 cm³/mol. The summed E-state index contributed by atoms with van der Waals surface area (Å²) in [5, 5.41) is 13.2. The maximum Gasteiger partial charge on any atom is 0.266 e. The first-order valence-corrected chi connectivity index (χ1v) is 21.0. The van der Waals surface area contributed by atoms with Crippen LogP contribution in [0, 0.1) is 0 Å². The highest BCUT2D eigenvalue weighted by Gasteiger charge is 2.26. The molecule has 268 valence electrons. The zero-order chi connectivity index (χ0) is 33.3. The lowest BCUT2D eigenvalue weighted by atomic mass is 10.0. The van der Waals surface area contributed by atoms with Gasteiger partial charge < -0.3 is 10.4 Å². The Balaban J connectivity index is 3.70. The van der Waals surface area contributed by atoms with Gasteiger partial charge in [-0.2, -0.15) is 8.42 Å². The summed E-state index contributed by atoms with van der Waals surface area (Å²) in [5.74, 6) is -0.895. The van der Waals surface area contributed by atoms with E-state index in [1.54, 1.807) is 0 Å². The van der Waals surface area contributed by atoms with Crippen molar-refractivity contribution in [1.29, 1.82) is 0 Å². The third-order valence-corrected chi connectivity index (χ3v) is 9.75. The third kappa shape index (κ3) is 34.2. The maximum absolute atomic E-state index is 12.4. The van der Waals surface area contributed by atoms with Gasteiger partial charge in [-0.1, -0.05) is 174 Å². The lowest BCUT2D eigenvalue weighted by Crippen LogP contribution is -2.47. The summed E-state index contributed by atoms with van der Waals surface area (Å²) in [6.07, 6.45) is 39.1. The highest BCUT2D eigenvalue weighted by atomic mass is 32.2. The van der Waals surface area contributed by atoms with Crippen LogP contribution in [0.3, 0.4) is 0 Å². The first-order valence-electron chi connectivity index (χ1n) is 19.4. The Hall–Kier alpha value is -0.920. The number of nitrogens with one attached hydrogen (secondary N) is 1. The molecule has 0 aromatic carbocycles. The van der Waals surface area contributed by atoms with E-state index in [9.17, 15) is 22.9 Å². The van der Waals surface area contributed by atoms with Gasteiger partial charge in [-0.25, -0.2) is 0 Å². The fraction of sp³-hybridized carbons (Fsp3) is 0.921. The van der Waals surface area contributed by atoms with Gasteiger partial charge in [0, 0.05) is 6.42 Å². The average Bonchev–Trinajstić information content (AvgIpc) is 3.00. The quantitative estimate of drug-likeness (QED) is 0.0357. The summed E-state index contributed by atoms with van der Waals surface area (Å²) in [6, 6.07) is -0.964. The van der Waals surface area contributed by atoms with Gasteiger partial charge in [0.25, 0.3) is 10.1 Å². The van der Waals surface area contributed by atoms with Crippen LogP contribution in [0.5, 0.6) is 0 Å². The monoisotopic (exact) mass is 658 g/mol. The molecule has 0 aromatic rings. The zero-order valence-electron chi connectivity index (χ0n) is 29.8. The first kappa shape index (κ1) is 44.1. The van der Waals surface area contributed by atoms with Crippen LogP contribution < -0.4 is 5.32 Å². The zero-order valence-corrected chi connectivity index (χ0v) is 30.6. The van der Waals surface area contributed by atoms with Crippen LogP contribution in [-0.4, -0.2) is 41.9 Å². The summed E-state index contributed by atoms with van der Waals surface area (Å²) in [4.78, 5) is 12.4. The van der Waals surface area contributed by atoms with Gasteiger partial charge in [-0.05, 0) is 38.5 Å². The minimum absolute atomic E-state index is 0.249. The molecule has 0 saturated heterocycles. The molecule has 7 heteroatoms. The van der Waals surface area contributed by atoms with Crippen molar-refractivity contribution in [1.82, 2.24) is 5.32 Å². The Kier molecular flexibility index (Phi) is 32.3. The molecule has 45 heavy (non-hydrogen) atoms. The van der Waals surface area contributed by atoms with Crippen molar-refractivity contribution in [3.05, 3.63) is 12.2 Å². The van der Waals surface area contributed by atoms with E-state index < -0.39 is 28.0 Å². The normalized spacial score (nSPS) is 13.4. The summed E-state index contributed by atoms with van der Waals surface area (Å²) < 4.78 is 32.2. The number of aliphatic hydroxyl groups is 1. The molecule has 0 spiro atoms. The molecular weight excluding hydrogens is 582 g/mol. The van der Waals surface area contributed by atoms with E-state index in [2.05, 4.69) is 31.3 Å². The topological polar surface area (TPSA) is 104 Å². The van der Waals surface area contributed by atoms with Gasteiger partial charge in [0.2, 0.25) is 5.91 Å². The van der Waals surface area contributed by atoms with Crippen molar-refractivity contribution in [2.45, 2.75) is 219 Å².